The number of nitrogens with two attached hydrogens (primary N) is 1. The third kappa shape index (κ3) is 4.29. The minimum atomic E-state index is -0.0151. The first-order chi connectivity index (χ1) is 16.9. The van der Waals surface area contributed by atoms with E-state index in [2.05, 4.69) is 53.1 Å². The van der Waals surface area contributed by atoms with Crippen LogP contribution in [0.25, 0.3) is 5.52 Å². The van der Waals surface area contributed by atoms with Gasteiger partial charge in [-0.15, -0.1) is 0 Å². The maximum atomic E-state index is 9.39. The molecule has 3 aliphatic rings. The van der Waals surface area contributed by atoms with Crippen LogP contribution in [0.2, 0.25) is 0 Å². The molecule has 0 amide bonds. The standard InChI is InChI=1S/C27H33N7O/c1-18-13-33(25-6-4-22(11-28)34-26(25)7-8-31-34)17-23(35-18)16-32-14-21(15-32)19-3-5-24(30-12-19)20-9-27(2,29)10-20/h3-8,12,18,20-21,23H,9-10,13-17,29H2,1-2H3/t18-,20?,23+,27?/m1/s1. The fourth-order valence-electron chi connectivity index (χ4n) is 6.09. The summed E-state index contributed by atoms with van der Waals surface area (Å²) in [6, 6.07) is 12.6. The summed E-state index contributed by atoms with van der Waals surface area (Å²) in [5.74, 6) is 1.06. The van der Waals surface area contributed by atoms with Crippen molar-refractivity contribution in [3.8, 4) is 6.07 Å². The highest BCUT2D eigenvalue weighted by Gasteiger charge is 2.38. The van der Waals surface area contributed by atoms with E-state index in [-0.39, 0.29) is 17.7 Å². The van der Waals surface area contributed by atoms with Gasteiger partial charge in [0, 0.05) is 62.0 Å². The minimum Gasteiger partial charge on any atom is -0.370 e. The predicted octanol–water partition coefficient (Wildman–Crippen LogP) is 2.89. The van der Waals surface area contributed by atoms with Crippen LogP contribution in [0, 0.1) is 11.3 Å². The Labute approximate surface area is 206 Å². The van der Waals surface area contributed by atoms with Crippen molar-refractivity contribution >= 4 is 11.2 Å². The van der Waals surface area contributed by atoms with Crippen molar-refractivity contribution in [3.05, 3.63) is 59.7 Å². The van der Waals surface area contributed by atoms with Crippen LogP contribution >= 0.6 is 0 Å². The van der Waals surface area contributed by atoms with Gasteiger partial charge in [-0.2, -0.15) is 10.4 Å². The number of hydrogen-bond acceptors (Lipinski definition) is 7. The smallest absolute Gasteiger partial charge is 0.142 e. The molecule has 0 radical (unpaired) electrons. The molecule has 182 valence electrons. The molecule has 1 saturated carbocycles. The van der Waals surface area contributed by atoms with Gasteiger partial charge in [-0.1, -0.05) is 6.07 Å². The third-order valence-electron chi connectivity index (χ3n) is 7.86. The summed E-state index contributed by atoms with van der Waals surface area (Å²) >= 11 is 0. The third-order valence-corrected chi connectivity index (χ3v) is 7.86. The molecule has 8 nitrogen and oxygen atoms in total. The first-order valence-electron chi connectivity index (χ1n) is 12.6. The van der Waals surface area contributed by atoms with Crippen molar-refractivity contribution < 1.29 is 4.74 Å². The van der Waals surface area contributed by atoms with Crippen molar-refractivity contribution in [1.82, 2.24) is 19.5 Å². The van der Waals surface area contributed by atoms with Crippen LogP contribution in [-0.4, -0.2) is 70.0 Å². The number of hydrogen-bond donors (Lipinski definition) is 1. The van der Waals surface area contributed by atoms with Crippen LogP contribution in [0.5, 0.6) is 0 Å². The van der Waals surface area contributed by atoms with Crippen LogP contribution in [0.3, 0.4) is 0 Å². The van der Waals surface area contributed by atoms with Crippen LogP contribution in [0.4, 0.5) is 5.69 Å². The second kappa shape index (κ2) is 8.59. The first kappa shape index (κ1) is 22.5. The van der Waals surface area contributed by atoms with E-state index in [9.17, 15) is 5.26 Å². The van der Waals surface area contributed by atoms with E-state index >= 15 is 0 Å². The SMILES string of the molecule is C[C@@H]1CN(c2ccc(C#N)n3nccc23)C[C@H](CN2CC(c3ccc(C4CC(C)(N)C4)nc3)C2)O1. The average molecular weight is 472 g/mol. The number of likely N-dealkylation sites (tertiary alicyclic amines) is 1. The average Bonchev–Trinajstić information content (AvgIpc) is 3.29. The summed E-state index contributed by atoms with van der Waals surface area (Å²) in [6.45, 7) is 8.93. The molecule has 2 atom stereocenters. The lowest BCUT2D eigenvalue weighted by Gasteiger charge is -2.45. The molecule has 35 heavy (non-hydrogen) atoms. The monoisotopic (exact) mass is 471 g/mol. The number of rotatable bonds is 5. The lowest BCUT2D eigenvalue weighted by molar-refractivity contribution is -0.0435. The van der Waals surface area contributed by atoms with Crippen molar-refractivity contribution in [2.45, 2.75) is 56.3 Å². The second-order valence-electron chi connectivity index (χ2n) is 11.0. The van der Waals surface area contributed by atoms with Crippen LogP contribution in [0.15, 0.2) is 42.7 Å². The normalized spacial score (nSPS) is 29.5. The fourth-order valence-corrected chi connectivity index (χ4v) is 6.09. The Hall–Kier alpha value is -2.99. The highest BCUT2D eigenvalue weighted by Crippen LogP contribution is 2.42. The summed E-state index contributed by atoms with van der Waals surface area (Å²) in [6.07, 6.45) is 6.17. The molecule has 0 spiro atoms. The predicted molar refractivity (Wildman–Crippen MR) is 134 cm³/mol. The van der Waals surface area contributed by atoms with E-state index < -0.39 is 0 Å². The minimum absolute atomic E-state index is 0.0151. The lowest BCUT2D eigenvalue weighted by atomic mass is 9.68. The molecule has 0 aromatic carbocycles. The van der Waals surface area contributed by atoms with E-state index in [4.69, 9.17) is 15.5 Å². The van der Waals surface area contributed by atoms with E-state index in [1.807, 2.05) is 18.2 Å². The molecule has 6 rings (SSSR count). The van der Waals surface area contributed by atoms with Gasteiger partial charge >= 0.3 is 0 Å². The Morgan fingerprint density at radius 2 is 1.94 bits per heavy atom. The summed E-state index contributed by atoms with van der Waals surface area (Å²) in [5, 5.41) is 13.7. The Morgan fingerprint density at radius 3 is 2.66 bits per heavy atom. The highest BCUT2D eigenvalue weighted by atomic mass is 16.5. The molecule has 2 N–H and O–H groups in total. The van der Waals surface area contributed by atoms with Crippen molar-refractivity contribution in [3.63, 3.8) is 0 Å². The largest absolute Gasteiger partial charge is 0.370 e. The molecule has 2 aliphatic heterocycles. The van der Waals surface area contributed by atoms with Gasteiger partial charge in [-0.25, -0.2) is 4.52 Å². The topological polar surface area (TPSA) is 95.7 Å². The van der Waals surface area contributed by atoms with Crippen molar-refractivity contribution in [2.24, 2.45) is 5.73 Å². The zero-order valence-electron chi connectivity index (χ0n) is 20.5. The number of fused-ring (bicyclic) bond motifs is 1. The molecule has 1 aliphatic carbocycles. The summed E-state index contributed by atoms with van der Waals surface area (Å²) in [4.78, 5) is 9.63. The van der Waals surface area contributed by atoms with Gasteiger partial charge in [-0.3, -0.25) is 9.88 Å². The number of pyridine rings is 2. The Kier molecular flexibility index (Phi) is 5.52. The summed E-state index contributed by atoms with van der Waals surface area (Å²) < 4.78 is 8.05. The van der Waals surface area contributed by atoms with Crippen LogP contribution in [0.1, 0.15) is 55.5 Å². The number of nitrogens with zero attached hydrogens (tertiary/aromatic N) is 6. The van der Waals surface area contributed by atoms with Crippen LogP contribution < -0.4 is 10.6 Å². The van der Waals surface area contributed by atoms with Gasteiger partial charge in [0.2, 0.25) is 0 Å². The molecule has 0 bridgehead atoms. The number of nitriles is 1. The van der Waals surface area contributed by atoms with E-state index in [1.54, 1.807) is 10.7 Å². The summed E-state index contributed by atoms with van der Waals surface area (Å²) in [5.41, 5.74) is 11.3. The molecular formula is C27H33N7O. The first-order valence-corrected chi connectivity index (χ1v) is 12.6. The quantitative estimate of drug-likeness (QED) is 0.611. The fraction of sp³-hybridized carbons (Fsp3) is 0.519. The van der Waals surface area contributed by atoms with Crippen LogP contribution in [-0.2, 0) is 4.74 Å². The number of anilines is 1. The van der Waals surface area contributed by atoms with Gasteiger partial charge in [0.15, 0.2) is 0 Å². The Morgan fingerprint density at radius 1 is 1.11 bits per heavy atom. The number of morpholine rings is 1. The van der Waals surface area contributed by atoms with E-state index in [0.29, 0.717) is 17.5 Å². The lowest BCUT2D eigenvalue weighted by Crippen LogP contribution is -2.55. The zero-order valence-corrected chi connectivity index (χ0v) is 20.5. The second-order valence-corrected chi connectivity index (χ2v) is 11.0. The maximum absolute atomic E-state index is 9.39. The molecule has 0 unspecified atom stereocenters. The van der Waals surface area contributed by atoms with Gasteiger partial charge in [-0.05, 0) is 56.5 Å². The highest BCUT2D eigenvalue weighted by molar-refractivity contribution is 5.74. The molecular weight excluding hydrogens is 438 g/mol. The molecule has 3 aromatic heterocycles. The number of ether oxygens (including phenoxy) is 1. The van der Waals surface area contributed by atoms with E-state index in [0.717, 1.165) is 56.8 Å². The van der Waals surface area contributed by atoms with Crippen molar-refractivity contribution in [1.29, 1.82) is 5.26 Å². The van der Waals surface area contributed by atoms with Gasteiger partial charge in [0.05, 0.1) is 29.6 Å². The zero-order chi connectivity index (χ0) is 24.2. The summed E-state index contributed by atoms with van der Waals surface area (Å²) in [7, 11) is 0. The van der Waals surface area contributed by atoms with Crippen molar-refractivity contribution in [2.75, 3.05) is 37.6 Å². The molecule has 3 fully saturated rings. The van der Waals surface area contributed by atoms with Gasteiger partial charge < -0.3 is 15.4 Å². The molecule has 8 heteroatoms. The maximum Gasteiger partial charge on any atom is 0.142 e. The van der Waals surface area contributed by atoms with E-state index in [1.165, 1.54) is 11.3 Å². The molecule has 2 saturated heterocycles. The molecule has 3 aromatic rings. The van der Waals surface area contributed by atoms with Gasteiger partial charge in [0.25, 0.3) is 0 Å². The Bertz CT molecular complexity index is 1250. The Balaban J connectivity index is 1.06. The molecule has 5 heterocycles. The van der Waals surface area contributed by atoms with Gasteiger partial charge in [0.1, 0.15) is 11.8 Å². The number of aromatic nitrogens is 3.